The molecule has 0 heterocycles. The van der Waals surface area contributed by atoms with Crippen molar-refractivity contribution >= 4 is 5.91 Å². The molecule has 0 unspecified atom stereocenters. The Balaban J connectivity index is 2.15. The second-order valence-corrected chi connectivity index (χ2v) is 5.86. The molecular weight excluding hydrogens is 236 g/mol. The summed E-state index contributed by atoms with van der Waals surface area (Å²) >= 11 is 0. The first-order valence-electron chi connectivity index (χ1n) is 7.14. The maximum atomic E-state index is 12.8. The molecule has 1 aromatic carbocycles. The highest BCUT2D eigenvalue weighted by atomic mass is 16.2. The standard InChI is InChI=1S/C16H24N2O/c1-16(2,13-7-4-3-5-8-13)15(19)18(12-6-11-17)14-9-10-14/h3-5,7-8,14H,6,9-12,17H2,1-2H3. The Bertz CT molecular complexity index is 424. The SMILES string of the molecule is CC(C)(C(=O)N(CCCN)C1CC1)c1ccccc1. The summed E-state index contributed by atoms with van der Waals surface area (Å²) < 4.78 is 0. The van der Waals surface area contributed by atoms with Crippen LogP contribution in [0.4, 0.5) is 0 Å². The van der Waals surface area contributed by atoms with Crippen LogP contribution in [-0.2, 0) is 10.2 Å². The number of carbonyl (C=O) groups excluding carboxylic acids is 1. The van der Waals surface area contributed by atoms with Gasteiger partial charge in [-0.25, -0.2) is 0 Å². The van der Waals surface area contributed by atoms with E-state index in [9.17, 15) is 4.79 Å². The Hall–Kier alpha value is -1.35. The van der Waals surface area contributed by atoms with Crippen LogP contribution < -0.4 is 5.73 Å². The number of rotatable bonds is 6. The number of hydrogen-bond acceptors (Lipinski definition) is 2. The van der Waals surface area contributed by atoms with E-state index in [1.54, 1.807) is 0 Å². The number of carbonyl (C=O) groups is 1. The molecule has 1 aromatic rings. The molecule has 0 aromatic heterocycles. The third-order valence-corrected chi connectivity index (χ3v) is 3.88. The molecular formula is C16H24N2O. The van der Waals surface area contributed by atoms with Crippen LogP contribution in [0.25, 0.3) is 0 Å². The van der Waals surface area contributed by atoms with Gasteiger partial charge >= 0.3 is 0 Å². The van der Waals surface area contributed by atoms with E-state index < -0.39 is 5.41 Å². The zero-order chi connectivity index (χ0) is 13.9. The van der Waals surface area contributed by atoms with Crippen LogP contribution in [0.5, 0.6) is 0 Å². The minimum absolute atomic E-state index is 0.231. The van der Waals surface area contributed by atoms with Crippen molar-refractivity contribution in [3.63, 3.8) is 0 Å². The Kier molecular flexibility index (Phi) is 4.25. The first kappa shape index (κ1) is 14.1. The Labute approximate surface area is 115 Å². The molecule has 1 aliphatic carbocycles. The summed E-state index contributed by atoms with van der Waals surface area (Å²) in [4.78, 5) is 14.9. The summed E-state index contributed by atoms with van der Waals surface area (Å²) in [5, 5.41) is 0. The van der Waals surface area contributed by atoms with Gasteiger partial charge in [0.25, 0.3) is 0 Å². The quantitative estimate of drug-likeness (QED) is 0.853. The molecule has 0 atom stereocenters. The van der Waals surface area contributed by atoms with Gasteiger partial charge in [-0.1, -0.05) is 30.3 Å². The lowest BCUT2D eigenvalue weighted by Gasteiger charge is -2.32. The van der Waals surface area contributed by atoms with Gasteiger partial charge in [0.2, 0.25) is 5.91 Å². The fourth-order valence-electron chi connectivity index (χ4n) is 2.44. The lowest BCUT2D eigenvalue weighted by atomic mass is 9.83. The molecule has 0 aliphatic heterocycles. The van der Waals surface area contributed by atoms with E-state index in [2.05, 4.69) is 0 Å². The van der Waals surface area contributed by atoms with Crippen molar-refractivity contribution in [3.05, 3.63) is 35.9 Å². The van der Waals surface area contributed by atoms with Crippen molar-refractivity contribution in [2.75, 3.05) is 13.1 Å². The van der Waals surface area contributed by atoms with Crippen molar-refractivity contribution in [2.24, 2.45) is 5.73 Å². The lowest BCUT2D eigenvalue weighted by Crippen LogP contribution is -2.45. The summed E-state index contributed by atoms with van der Waals surface area (Å²) in [6, 6.07) is 10.5. The minimum atomic E-state index is -0.460. The largest absolute Gasteiger partial charge is 0.339 e. The summed E-state index contributed by atoms with van der Waals surface area (Å²) in [5.74, 6) is 0.231. The van der Waals surface area contributed by atoms with Crippen molar-refractivity contribution in [2.45, 2.75) is 44.6 Å². The maximum Gasteiger partial charge on any atom is 0.232 e. The van der Waals surface area contributed by atoms with Crippen LogP contribution in [0.15, 0.2) is 30.3 Å². The summed E-state index contributed by atoms with van der Waals surface area (Å²) in [5.41, 5.74) is 6.20. The topological polar surface area (TPSA) is 46.3 Å². The molecule has 1 saturated carbocycles. The lowest BCUT2D eigenvalue weighted by molar-refractivity contribution is -0.137. The summed E-state index contributed by atoms with van der Waals surface area (Å²) in [6.07, 6.45) is 3.16. The molecule has 3 heteroatoms. The van der Waals surface area contributed by atoms with E-state index in [4.69, 9.17) is 5.73 Å². The van der Waals surface area contributed by atoms with E-state index in [1.165, 1.54) is 0 Å². The average Bonchev–Trinajstić information content (AvgIpc) is 3.24. The van der Waals surface area contributed by atoms with Crippen LogP contribution >= 0.6 is 0 Å². The molecule has 19 heavy (non-hydrogen) atoms. The number of hydrogen-bond donors (Lipinski definition) is 1. The Morgan fingerprint density at radius 1 is 1.32 bits per heavy atom. The number of nitrogens with zero attached hydrogens (tertiary/aromatic N) is 1. The van der Waals surface area contributed by atoms with Gasteiger partial charge in [-0.2, -0.15) is 0 Å². The number of benzene rings is 1. The third-order valence-electron chi connectivity index (χ3n) is 3.88. The van der Waals surface area contributed by atoms with Crippen LogP contribution in [0.3, 0.4) is 0 Å². The molecule has 2 N–H and O–H groups in total. The van der Waals surface area contributed by atoms with E-state index in [0.717, 1.165) is 31.4 Å². The fraction of sp³-hybridized carbons (Fsp3) is 0.562. The molecule has 2 rings (SSSR count). The first-order valence-corrected chi connectivity index (χ1v) is 7.14. The van der Waals surface area contributed by atoms with Crippen molar-refractivity contribution in [1.82, 2.24) is 4.90 Å². The monoisotopic (exact) mass is 260 g/mol. The molecule has 3 nitrogen and oxygen atoms in total. The van der Waals surface area contributed by atoms with Crippen molar-refractivity contribution < 1.29 is 4.79 Å². The molecule has 0 spiro atoms. The predicted molar refractivity (Wildman–Crippen MR) is 77.9 cm³/mol. The van der Waals surface area contributed by atoms with Crippen molar-refractivity contribution in [1.29, 1.82) is 0 Å². The van der Waals surface area contributed by atoms with Gasteiger partial charge in [-0.3, -0.25) is 4.79 Å². The van der Waals surface area contributed by atoms with Gasteiger partial charge in [0.15, 0.2) is 0 Å². The zero-order valence-electron chi connectivity index (χ0n) is 11.9. The van der Waals surface area contributed by atoms with Crippen molar-refractivity contribution in [3.8, 4) is 0 Å². The van der Waals surface area contributed by atoms with E-state index in [0.29, 0.717) is 12.6 Å². The summed E-state index contributed by atoms with van der Waals surface area (Å²) in [7, 11) is 0. The molecule has 0 saturated heterocycles. The average molecular weight is 260 g/mol. The van der Waals surface area contributed by atoms with E-state index in [1.807, 2.05) is 49.1 Å². The molecule has 104 valence electrons. The van der Waals surface area contributed by atoms with Crippen LogP contribution in [-0.4, -0.2) is 29.9 Å². The van der Waals surface area contributed by atoms with Gasteiger partial charge < -0.3 is 10.6 Å². The highest BCUT2D eigenvalue weighted by Gasteiger charge is 2.39. The molecule has 0 radical (unpaired) electrons. The first-order chi connectivity index (χ1) is 9.07. The smallest absolute Gasteiger partial charge is 0.232 e. The Morgan fingerprint density at radius 2 is 1.95 bits per heavy atom. The third kappa shape index (κ3) is 3.16. The molecule has 0 bridgehead atoms. The van der Waals surface area contributed by atoms with Gasteiger partial charge in [-0.15, -0.1) is 0 Å². The normalized spacial score (nSPS) is 15.3. The number of nitrogens with two attached hydrogens (primary N) is 1. The fourth-order valence-corrected chi connectivity index (χ4v) is 2.44. The molecule has 1 fully saturated rings. The summed E-state index contributed by atoms with van der Waals surface area (Å²) in [6.45, 7) is 5.46. The van der Waals surface area contributed by atoms with E-state index in [-0.39, 0.29) is 5.91 Å². The minimum Gasteiger partial charge on any atom is -0.339 e. The second kappa shape index (κ2) is 5.74. The molecule has 1 aliphatic rings. The van der Waals surface area contributed by atoms with Gasteiger partial charge in [0, 0.05) is 12.6 Å². The van der Waals surface area contributed by atoms with Crippen LogP contribution in [0.2, 0.25) is 0 Å². The van der Waals surface area contributed by atoms with Gasteiger partial charge in [0.05, 0.1) is 5.41 Å². The zero-order valence-corrected chi connectivity index (χ0v) is 11.9. The maximum absolute atomic E-state index is 12.8. The highest BCUT2D eigenvalue weighted by molar-refractivity contribution is 5.87. The number of amides is 1. The highest BCUT2D eigenvalue weighted by Crippen LogP contribution is 2.33. The van der Waals surface area contributed by atoms with Gasteiger partial charge in [0.1, 0.15) is 0 Å². The second-order valence-electron chi connectivity index (χ2n) is 5.86. The van der Waals surface area contributed by atoms with Gasteiger partial charge in [-0.05, 0) is 45.2 Å². The molecule has 1 amide bonds. The Morgan fingerprint density at radius 3 is 2.47 bits per heavy atom. The van der Waals surface area contributed by atoms with E-state index >= 15 is 0 Å². The van der Waals surface area contributed by atoms with Crippen LogP contribution in [0, 0.1) is 0 Å². The predicted octanol–water partition coefficient (Wildman–Crippen LogP) is 2.30. The van der Waals surface area contributed by atoms with Crippen LogP contribution in [0.1, 0.15) is 38.7 Å².